The molecule has 0 aliphatic carbocycles. The first-order chi connectivity index (χ1) is 14.2. The molecular formula is C23H26Cl3NO3. The van der Waals surface area contributed by atoms with Crippen LogP contribution in [-0.4, -0.2) is 11.0 Å². The van der Waals surface area contributed by atoms with Crippen molar-refractivity contribution in [2.24, 2.45) is 23.7 Å². The number of rotatable bonds is 9. The van der Waals surface area contributed by atoms with Gasteiger partial charge in [0.1, 0.15) is 16.8 Å². The highest BCUT2D eigenvalue weighted by molar-refractivity contribution is 6.55. The normalized spacial score (nSPS) is 13.1. The second-order valence-electron chi connectivity index (χ2n) is 7.68. The zero-order valence-corrected chi connectivity index (χ0v) is 19.7. The summed E-state index contributed by atoms with van der Waals surface area (Å²) in [6, 6.07) is 12.3. The molecule has 0 saturated carbocycles. The molecule has 162 valence electrons. The summed E-state index contributed by atoms with van der Waals surface area (Å²) in [6.45, 7) is 8.06. The molecule has 0 spiro atoms. The van der Waals surface area contributed by atoms with Crippen molar-refractivity contribution in [3.05, 3.63) is 63.7 Å². The second kappa shape index (κ2) is 11.6. The number of hydrogen-bond acceptors (Lipinski definition) is 4. The van der Waals surface area contributed by atoms with E-state index in [1.807, 2.05) is 27.7 Å². The Morgan fingerprint density at radius 3 is 2.27 bits per heavy atom. The van der Waals surface area contributed by atoms with Crippen LogP contribution in [0.3, 0.4) is 0 Å². The number of halogens is 3. The van der Waals surface area contributed by atoms with E-state index in [9.17, 15) is 4.79 Å². The van der Waals surface area contributed by atoms with Crippen LogP contribution >= 0.6 is 34.8 Å². The molecule has 2 aromatic rings. The van der Waals surface area contributed by atoms with Gasteiger partial charge in [-0.2, -0.15) is 0 Å². The van der Waals surface area contributed by atoms with Crippen LogP contribution in [0.15, 0.2) is 53.0 Å². The van der Waals surface area contributed by atoms with Crippen LogP contribution in [0.2, 0.25) is 5.02 Å². The van der Waals surface area contributed by atoms with Crippen LogP contribution in [0, 0.1) is 23.7 Å². The largest absolute Gasteiger partial charge is 0.459 e. The van der Waals surface area contributed by atoms with Gasteiger partial charge in [0.25, 0.3) is 0 Å². The van der Waals surface area contributed by atoms with Crippen molar-refractivity contribution in [2.45, 2.75) is 34.3 Å². The van der Waals surface area contributed by atoms with E-state index in [2.05, 4.69) is 4.98 Å². The highest BCUT2D eigenvalue weighted by atomic mass is 35.5. The summed E-state index contributed by atoms with van der Waals surface area (Å²) < 4.78 is 11.5. The average molecular weight is 471 g/mol. The molecule has 0 radical (unpaired) electrons. The molecule has 2 rings (SSSR count). The van der Waals surface area contributed by atoms with Gasteiger partial charge >= 0.3 is 5.97 Å². The molecular weight excluding hydrogens is 445 g/mol. The number of allylic oxidation sites excluding steroid dienone is 1. The molecule has 0 fully saturated rings. The van der Waals surface area contributed by atoms with Crippen molar-refractivity contribution in [1.29, 1.82) is 0 Å². The predicted molar refractivity (Wildman–Crippen MR) is 122 cm³/mol. The lowest BCUT2D eigenvalue weighted by Gasteiger charge is -2.29. The van der Waals surface area contributed by atoms with Gasteiger partial charge in [0, 0.05) is 11.1 Å². The van der Waals surface area contributed by atoms with Crippen molar-refractivity contribution >= 4 is 40.8 Å². The van der Waals surface area contributed by atoms with Crippen LogP contribution in [0.4, 0.5) is 0 Å². The smallest absolute Gasteiger partial charge is 0.310 e. The van der Waals surface area contributed by atoms with Gasteiger partial charge < -0.3 is 9.47 Å². The fourth-order valence-electron chi connectivity index (χ4n) is 3.19. The van der Waals surface area contributed by atoms with Crippen LogP contribution in [-0.2, 0) is 16.1 Å². The standard InChI is InChI=1S/C23H26Cl3NO3/c1-14(2)19(12-20(25)26)22(15(3)4)23(28)29-13-17-6-5-7-21(27-17)30-18-10-8-16(24)9-11-18/h5-12,14-15,19,22H,13H2,1-4H3. The van der Waals surface area contributed by atoms with E-state index in [-0.39, 0.29) is 40.7 Å². The molecule has 7 heteroatoms. The predicted octanol–water partition coefficient (Wildman–Crippen LogP) is 7.43. The van der Waals surface area contributed by atoms with Gasteiger partial charge in [-0.15, -0.1) is 0 Å². The van der Waals surface area contributed by atoms with Crippen molar-refractivity contribution in [2.75, 3.05) is 0 Å². The first-order valence-electron chi connectivity index (χ1n) is 9.76. The minimum atomic E-state index is -0.369. The molecule has 1 aromatic carbocycles. The van der Waals surface area contributed by atoms with Crippen molar-refractivity contribution in [3.8, 4) is 11.6 Å². The fourth-order valence-corrected chi connectivity index (χ4v) is 3.61. The Bertz CT molecular complexity index is 862. The average Bonchev–Trinajstić information content (AvgIpc) is 2.67. The highest BCUT2D eigenvalue weighted by Crippen LogP contribution is 2.32. The minimum Gasteiger partial charge on any atom is -0.459 e. The van der Waals surface area contributed by atoms with Crippen molar-refractivity contribution in [3.63, 3.8) is 0 Å². The van der Waals surface area contributed by atoms with Gasteiger partial charge in [-0.25, -0.2) is 4.98 Å². The minimum absolute atomic E-state index is 0.0447. The van der Waals surface area contributed by atoms with E-state index in [0.717, 1.165) is 0 Å². The lowest BCUT2D eigenvalue weighted by atomic mass is 9.77. The number of ether oxygens (including phenoxy) is 2. The molecule has 0 aliphatic rings. The van der Waals surface area contributed by atoms with E-state index in [1.165, 1.54) is 0 Å². The lowest BCUT2D eigenvalue weighted by Crippen LogP contribution is -2.32. The lowest BCUT2D eigenvalue weighted by molar-refractivity contribution is -0.154. The molecule has 0 N–H and O–H groups in total. The first kappa shape index (κ1) is 24.5. The van der Waals surface area contributed by atoms with E-state index in [4.69, 9.17) is 44.3 Å². The van der Waals surface area contributed by atoms with Crippen LogP contribution in [0.1, 0.15) is 33.4 Å². The van der Waals surface area contributed by atoms with Gasteiger partial charge in [-0.05, 0) is 54.2 Å². The second-order valence-corrected chi connectivity index (χ2v) is 9.12. The fraction of sp³-hybridized carbons (Fsp3) is 0.391. The van der Waals surface area contributed by atoms with Gasteiger partial charge in [0.05, 0.1) is 11.6 Å². The molecule has 4 nitrogen and oxygen atoms in total. The number of esters is 1. The monoisotopic (exact) mass is 469 g/mol. The van der Waals surface area contributed by atoms with Gasteiger partial charge in [0.2, 0.25) is 5.88 Å². The van der Waals surface area contributed by atoms with Crippen LogP contribution in [0.5, 0.6) is 11.6 Å². The molecule has 0 saturated heterocycles. The molecule has 0 aliphatic heterocycles. The Labute approximate surface area is 193 Å². The molecule has 1 aromatic heterocycles. The van der Waals surface area contributed by atoms with Gasteiger partial charge in [-0.1, -0.05) is 68.6 Å². The van der Waals surface area contributed by atoms with E-state index in [1.54, 1.807) is 48.5 Å². The number of pyridine rings is 1. The Morgan fingerprint density at radius 2 is 1.70 bits per heavy atom. The Morgan fingerprint density at radius 1 is 1.03 bits per heavy atom. The number of aromatic nitrogens is 1. The Balaban J connectivity index is 2.08. The Hall–Kier alpha value is -1.75. The van der Waals surface area contributed by atoms with Crippen molar-refractivity contribution < 1.29 is 14.3 Å². The maximum Gasteiger partial charge on any atom is 0.310 e. The number of nitrogens with zero attached hydrogens (tertiary/aromatic N) is 1. The number of benzene rings is 1. The SMILES string of the molecule is CC(C)C(C=C(Cl)Cl)C(C(=O)OCc1cccc(Oc2ccc(Cl)cc2)n1)C(C)C. The van der Waals surface area contributed by atoms with Gasteiger partial charge in [-0.3, -0.25) is 4.79 Å². The van der Waals surface area contributed by atoms with E-state index >= 15 is 0 Å². The molecule has 2 atom stereocenters. The summed E-state index contributed by atoms with van der Waals surface area (Å²) in [6.07, 6.45) is 1.72. The van der Waals surface area contributed by atoms with E-state index in [0.29, 0.717) is 22.3 Å². The topological polar surface area (TPSA) is 48.4 Å². The zero-order valence-electron chi connectivity index (χ0n) is 17.4. The summed E-state index contributed by atoms with van der Waals surface area (Å²) in [5, 5.41) is 0.626. The molecule has 1 heterocycles. The third-order valence-corrected chi connectivity index (χ3v) is 5.18. The third kappa shape index (κ3) is 7.50. The molecule has 0 amide bonds. The number of carbonyl (C=O) groups is 1. The summed E-state index contributed by atoms with van der Waals surface area (Å²) >= 11 is 17.6. The van der Waals surface area contributed by atoms with Gasteiger partial charge in [0.15, 0.2) is 0 Å². The van der Waals surface area contributed by atoms with Crippen LogP contribution < -0.4 is 4.74 Å². The van der Waals surface area contributed by atoms with Crippen molar-refractivity contribution in [1.82, 2.24) is 4.98 Å². The number of hydrogen-bond donors (Lipinski definition) is 0. The number of carbonyl (C=O) groups excluding carboxylic acids is 1. The summed E-state index contributed by atoms with van der Waals surface area (Å²) in [7, 11) is 0. The van der Waals surface area contributed by atoms with Crippen LogP contribution in [0.25, 0.3) is 0 Å². The molecule has 30 heavy (non-hydrogen) atoms. The molecule has 2 unspecified atom stereocenters. The maximum atomic E-state index is 12.9. The quantitative estimate of drug-likeness (QED) is 0.357. The Kier molecular flexibility index (Phi) is 9.47. The highest BCUT2D eigenvalue weighted by Gasteiger charge is 2.33. The first-order valence-corrected chi connectivity index (χ1v) is 10.9. The maximum absolute atomic E-state index is 12.9. The zero-order chi connectivity index (χ0) is 22.3. The summed E-state index contributed by atoms with van der Waals surface area (Å²) in [5.41, 5.74) is 0.587. The van der Waals surface area contributed by atoms with E-state index < -0.39 is 0 Å². The summed E-state index contributed by atoms with van der Waals surface area (Å²) in [4.78, 5) is 17.3. The summed E-state index contributed by atoms with van der Waals surface area (Å²) in [5.74, 6) is 0.447. The molecule has 0 bridgehead atoms. The third-order valence-electron chi connectivity index (χ3n) is 4.67.